The van der Waals surface area contributed by atoms with E-state index in [1.165, 1.54) is 10.5 Å². The maximum atomic E-state index is 12.1. The van der Waals surface area contributed by atoms with Crippen LogP contribution in [0.2, 0.25) is 0 Å². The number of carbonyl (C=O) groups excluding carboxylic acids is 1. The van der Waals surface area contributed by atoms with Gasteiger partial charge in [0.25, 0.3) is 5.56 Å². The molecule has 0 unspecified atom stereocenters. The molecule has 3 aromatic rings. The van der Waals surface area contributed by atoms with Crippen molar-refractivity contribution in [1.82, 2.24) is 9.38 Å². The lowest BCUT2D eigenvalue weighted by Gasteiger charge is -2.07. The zero-order valence-corrected chi connectivity index (χ0v) is 13.9. The van der Waals surface area contributed by atoms with Crippen LogP contribution in [0.4, 0.5) is 0 Å². The van der Waals surface area contributed by atoms with Gasteiger partial charge in [0.2, 0.25) is 0 Å². The van der Waals surface area contributed by atoms with Gasteiger partial charge in [0.05, 0.1) is 11.3 Å². The smallest absolute Gasteiger partial charge is 0.338 e. The fourth-order valence-corrected chi connectivity index (χ4v) is 2.62. The monoisotopic (exact) mass is 372 g/mol. The predicted octanol–water partition coefficient (Wildman–Crippen LogP) is 3.12. The first kappa shape index (κ1) is 15.4. The number of benzene rings is 1. The minimum absolute atomic E-state index is 0.0502. The molecule has 3 rings (SSSR count). The number of hydrogen-bond acceptors (Lipinski definition) is 4. The van der Waals surface area contributed by atoms with E-state index in [2.05, 4.69) is 20.9 Å². The molecule has 2 aromatic heterocycles. The van der Waals surface area contributed by atoms with Gasteiger partial charge in [0.1, 0.15) is 12.3 Å². The number of nitrogens with zero attached hydrogens (tertiary/aromatic N) is 2. The number of fused-ring (bicyclic) bond motifs is 1. The molecule has 23 heavy (non-hydrogen) atoms. The van der Waals surface area contributed by atoms with E-state index in [1.54, 1.807) is 30.5 Å². The summed E-state index contributed by atoms with van der Waals surface area (Å²) in [5.74, 6) is -0.460. The summed E-state index contributed by atoms with van der Waals surface area (Å²) in [6.07, 6.45) is 1.66. The molecule has 0 saturated heterocycles. The number of rotatable bonds is 3. The minimum atomic E-state index is -0.460. The first-order chi connectivity index (χ1) is 11.0. The van der Waals surface area contributed by atoms with Crippen LogP contribution >= 0.6 is 15.9 Å². The molecule has 1 aromatic carbocycles. The van der Waals surface area contributed by atoms with Crippen molar-refractivity contribution in [2.24, 2.45) is 0 Å². The summed E-state index contributed by atoms with van der Waals surface area (Å²) in [6, 6.07) is 12.0. The Balaban J connectivity index is 1.83. The van der Waals surface area contributed by atoms with Crippen molar-refractivity contribution in [3.05, 3.63) is 80.3 Å². The molecule has 0 bridgehead atoms. The predicted molar refractivity (Wildman–Crippen MR) is 89.5 cm³/mol. The Labute approximate surface area is 140 Å². The van der Waals surface area contributed by atoms with Gasteiger partial charge < -0.3 is 4.74 Å². The third-order valence-electron chi connectivity index (χ3n) is 3.35. The van der Waals surface area contributed by atoms with Gasteiger partial charge in [-0.25, -0.2) is 9.78 Å². The second kappa shape index (κ2) is 6.34. The Kier molecular flexibility index (Phi) is 4.25. The zero-order valence-electron chi connectivity index (χ0n) is 12.3. The topological polar surface area (TPSA) is 60.7 Å². The number of aromatic nitrogens is 2. The van der Waals surface area contributed by atoms with Gasteiger partial charge in [0.15, 0.2) is 0 Å². The number of carbonyl (C=O) groups is 1. The maximum Gasteiger partial charge on any atom is 0.338 e. The number of ether oxygens (including phenoxy) is 1. The van der Waals surface area contributed by atoms with Gasteiger partial charge >= 0.3 is 5.97 Å². The normalized spacial score (nSPS) is 10.7. The number of halogens is 1. The highest BCUT2D eigenvalue weighted by Crippen LogP contribution is 2.13. The number of pyridine rings is 1. The molecule has 2 heterocycles. The lowest BCUT2D eigenvalue weighted by molar-refractivity contribution is 0.0467. The summed E-state index contributed by atoms with van der Waals surface area (Å²) in [5, 5.41) is 0. The molecule has 5 nitrogen and oxygen atoms in total. The maximum absolute atomic E-state index is 12.1. The van der Waals surface area contributed by atoms with Gasteiger partial charge in [-0.1, -0.05) is 28.1 Å². The van der Waals surface area contributed by atoms with Crippen molar-refractivity contribution in [2.75, 3.05) is 0 Å². The average molecular weight is 373 g/mol. The van der Waals surface area contributed by atoms with Crippen LogP contribution in [0.25, 0.3) is 5.65 Å². The molecule has 0 radical (unpaired) electrons. The van der Waals surface area contributed by atoms with Gasteiger partial charge in [-0.15, -0.1) is 0 Å². The van der Waals surface area contributed by atoms with Gasteiger partial charge in [-0.05, 0) is 36.8 Å². The highest BCUT2D eigenvalue weighted by Gasteiger charge is 2.10. The number of aryl methyl sites for hydroxylation is 1. The largest absolute Gasteiger partial charge is 0.456 e. The summed E-state index contributed by atoms with van der Waals surface area (Å²) < 4.78 is 7.51. The zero-order chi connectivity index (χ0) is 16.4. The summed E-state index contributed by atoms with van der Waals surface area (Å²) in [4.78, 5) is 28.5. The van der Waals surface area contributed by atoms with Crippen LogP contribution in [0, 0.1) is 6.92 Å². The van der Waals surface area contributed by atoms with Gasteiger partial charge in [0, 0.05) is 16.7 Å². The van der Waals surface area contributed by atoms with Crippen molar-refractivity contribution in [1.29, 1.82) is 0 Å². The van der Waals surface area contributed by atoms with Crippen molar-refractivity contribution in [3.63, 3.8) is 0 Å². The van der Waals surface area contributed by atoms with E-state index >= 15 is 0 Å². The standard InChI is InChI=1S/C17H13BrN2O3/c1-11-4-3-7-20-15(21)9-14(19-16(11)20)10-23-17(22)12-5-2-6-13(18)8-12/h2-9H,10H2,1H3. The first-order valence-corrected chi connectivity index (χ1v) is 7.74. The van der Waals surface area contributed by atoms with Gasteiger partial charge in [-0.3, -0.25) is 9.20 Å². The quantitative estimate of drug-likeness (QED) is 0.662. The van der Waals surface area contributed by atoms with E-state index in [0.717, 1.165) is 10.0 Å². The van der Waals surface area contributed by atoms with E-state index in [-0.39, 0.29) is 12.2 Å². The molecule has 0 aliphatic heterocycles. The van der Waals surface area contributed by atoms with Crippen LogP contribution in [0.1, 0.15) is 21.6 Å². The molecule has 0 aliphatic rings. The van der Waals surface area contributed by atoms with Crippen molar-refractivity contribution in [2.45, 2.75) is 13.5 Å². The molecule has 0 atom stereocenters. The van der Waals surface area contributed by atoms with E-state index in [4.69, 9.17) is 4.74 Å². The second-order valence-electron chi connectivity index (χ2n) is 5.06. The second-order valence-corrected chi connectivity index (χ2v) is 5.97. The molecule has 0 aliphatic carbocycles. The van der Waals surface area contributed by atoms with Crippen LogP contribution in [0.15, 0.2) is 57.9 Å². The van der Waals surface area contributed by atoms with Crippen LogP contribution in [0.3, 0.4) is 0 Å². The Hall–Kier alpha value is -2.47. The lowest BCUT2D eigenvalue weighted by atomic mass is 10.2. The van der Waals surface area contributed by atoms with E-state index in [1.807, 2.05) is 19.1 Å². The Bertz CT molecular complexity index is 950. The van der Waals surface area contributed by atoms with Gasteiger partial charge in [-0.2, -0.15) is 0 Å². The minimum Gasteiger partial charge on any atom is -0.456 e. The van der Waals surface area contributed by atoms with Crippen molar-refractivity contribution in [3.8, 4) is 0 Å². The van der Waals surface area contributed by atoms with Crippen LogP contribution in [-0.4, -0.2) is 15.4 Å². The molecule has 0 saturated carbocycles. The summed E-state index contributed by atoms with van der Waals surface area (Å²) in [6.45, 7) is 1.82. The third kappa shape index (κ3) is 3.32. The molecule has 0 spiro atoms. The summed E-state index contributed by atoms with van der Waals surface area (Å²) >= 11 is 3.31. The summed E-state index contributed by atoms with van der Waals surface area (Å²) in [7, 11) is 0. The average Bonchev–Trinajstić information content (AvgIpc) is 2.53. The highest BCUT2D eigenvalue weighted by atomic mass is 79.9. The molecule has 0 N–H and O–H groups in total. The molecule has 6 heteroatoms. The van der Waals surface area contributed by atoms with E-state index in [9.17, 15) is 9.59 Å². The highest BCUT2D eigenvalue weighted by molar-refractivity contribution is 9.10. The number of hydrogen-bond donors (Lipinski definition) is 0. The molecule has 0 fully saturated rings. The van der Waals surface area contributed by atoms with E-state index in [0.29, 0.717) is 16.9 Å². The van der Waals surface area contributed by atoms with E-state index < -0.39 is 5.97 Å². The summed E-state index contributed by atoms with van der Waals surface area (Å²) in [5.41, 5.74) is 2.10. The fourth-order valence-electron chi connectivity index (χ4n) is 2.22. The van der Waals surface area contributed by atoms with Crippen LogP contribution in [0.5, 0.6) is 0 Å². The number of esters is 1. The molecule has 116 valence electrons. The SMILES string of the molecule is Cc1cccn2c(=O)cc(COC(=O)c3cccc(Br)c3)nc12. The molecule has 0 amide bonds. The first-order valence-electron chi connectivity index (χ1n) is 6.95. The lowest BCUT2D eigenvalue weighted by Crippen LogP contribution is -2.17. The Morgan fingerprint density at radius 1 is 1.26 bits per heavy atom. The molecular weight excluding hydrogens is 360 g/mol. The fraction of sp³-hybridized carbons (Fsp3) is 0.118. The Morgan fingerprint density at radius 3 is 2.87 bits per heavy atom. The third-order valence-corrected chi connectivity index (χ3v) is 3.84. The van der Waals surface area contributed by atoms with Crippen molar-refractivity contribution < 1.29 is 9.53 Å². The van der Waals surface area contributed by atoms with Crippen molar-refractivity contribution >= 4 is 27.5 Å². The molecular formula is C17H13BrN2O3. The Morgan fingerprint density at radius 2 is 2.09 bits per heavy atom. The van der Waals surface area contributed by atoms with Crippen LogP contribution < -0.4 is 5.56 Å². The van der Waals surface area contributed by atoms with Crippen LogP contribution in [-0.2, 0) is 11.3 Å².